The van der Waals surface area contributed by atoms with Crippen molar-refractivity contribution in [2.45, 2.75) is 32.2 Å². The van der Waals surface area contributed by atoms with E-state index in [1.807, 2.05) is 6.92 Å². The molecular formula is C15H20F2N2O2. The van der Waals surface area contributed by atoms with Crippen molar-refractivity contribution < 1.29 is 18.7 Å². The molecule has 0 saturated heterocycles. The molecule has 0 bridgehead atoms. The van der Waals surface area contributed by atoms with Crippen LogP contribution in [0, 0.1) is 11.6 Å². The van der Waals surface area contributed by atoms with E-state index in [9.17, 15) is 13.6 Å². The summed E-state index contributed by atoms with van der Waals surface area (Å²) >= 11 is 0. The van der Waals surface area contributed by atoms with E-state index in [1.165, 1.54) is 4.90 Å². The van der Waals surface area contributed by atoms with E-state index in [4.69, 9.17) is 5.11 Å². The van der Waals surface area contributed by atoms with Crippen molar-refractivity contribution in [3.8, 4) is 0 Å². The molecule has 4 nitrogen and oxygen atoms in total. The zero-order valence-electron chi connectivity index (χ0n) is 12.0. The Morgan fingerprint density at radius 1 is 1.38 bits per heavy atom. The van der Waals surface area contributed by atoms with E-state index >= 15 is 0 Å². The molecule has 1 amide bonds. The molecule has 1 fully saturated rings. The lowest BCUT2D eigenvalue weighted by Crippen LogP contribution is -2.35. The number of amides is 1. The molecule has 6 heteroatoms. The van der Waals surface area contributed by atoms with Crippen molar-refractivity contribution in [2.24, 2.45) is 0 Å². The Morgan fingerprint density at radius 3 is 2.48 bits per heavy atom. The molecule has 0 radical (unpaired) electrons. The fraction of sp³-hybridized carbons (Fsp3) is 0.533. The minimum absolute atomic E-state index is 0.0209. The van der Waals surface area contributed by atoms with Crippen molar-refractivity contribution in [1.29, 1.82) is 0 Å². The predicted molar refractivity (Wildman–Crippen MR) is 76.3 cm³/mol. The van der Waals surface area contributed by atoms with Crippen LogP contribution in [0.3, 0.4) is 0 Å². The molecule has 1 saturated carbocycles. The molecule has 1 aromatic carbocycles. The van der Waals surface area contributed by atoms with Gasteiger partial charge in [0.15, 0.2) is 0 Å². The molecule has 0 heterocycles. The smallest absolute Gasteiger partial charge is 0.254 e. The molecule has 1 aliphatic carbocycles. The van der Waals surface area contributed by atoms with E-state index in [-0.39, 0.29) is 30.4 Å². The van der Waals surface area contributed by atoms with Gasteiger partial charge in [-0.2, -0.15) is 0 Å². The van der Waals surface area contributed by atoms with Crippen LogP contribution >= 0.6 is 0 Å². The second-order valence-corrected chi connectivity index (χ2v) is 5.19. The lowest BCUT2D eigenvalue weighted by molar-refractivity contribution is 0.0706. The molecule has 0 unspecified atom stereocenters. The van der Waals surface area contributed by atoms with Gasteiger partial charge in [0.05, 0.1) is 6.61 Å². The largest absolute Gasteiger partial charge is 0.395 e. The number of anilines is 1. The van der Waals surface area contributed by atoms with Gasteiger partial charge in [-0.25, -0.2) is 8.78 Å². The van der Waals surface area contributed by atoms with Gasteiger partial charge in [-0.1, -0.05) is 6.92 Å². The number of halogens is 2. The lowest BCUT2D eigenvalue weighted by atomic mass is 10.1. The topological polar surface area (TPSA) is 52.6 Å². The Morgan fingerprint density at radius 2 is 2.00 bits per heavy atom. The summed E-state index contributed by atoms with van der Waals surface area (Å²) in [5.41, 5.74) is -0.221. The standard InChI is InChI=1S/C15H20F2N2O2/c1-2-5-18-14-12(16)8-10(9-13(14)17)15(21)19(6-7-20)11-3-4-11/h8-9,11,18,20H,2-7H2,1H3. The first-order chi connectivity index (χ1) is 10.1. The number of hydrogen-bond acceptors (Lipinski definition) is 3. The normalized spacial score (nSPS) is 14.1. The second kappa shape index (κ2) is 6.85. The molecule has 21 heavy (non-hydrogen) atoms. The number of benzene rings is 1. The molecule has 2 rings (SSSR count). The fourth-order valence-corrected chi connectivity index (χ4v) is 2.23. The molecule has 0 spiro atoms. The Hall–Kier alpha value is -1.69. The quantitative estimate of drug-likeness (QED) is 0.812. The molecule has 0 aromatic heterocycles. The maximum absolute atomic E-state index is 13.9. The first-order valence-corrected chi connectivity index (χ1v) is 7.23. The van der Waals surface area contributed by atoms with Gasteiger partial charge in [0.25, 0.3) is 5.91 Å². The molecule has 1 aromatic rings. The molecule has 0 aliphatic heterocycles. The maximum atomic E-state index is 13.9. The number of aliphatic hydroxyl groups is 1. The minimum Gasteiger partial charge on any atom is -0.395 e. The number of carbonyl (C=O) groups excluding carboxylic acids is 1. The van der Waals surface area contributed by atoms with Crippen LogP contribution in [0.15, 0.2) is 12.1 Å². The summed E-state index contributed by atoms with van der Waals surface area (Å²) in [6, 6.07) is 2.18. The Labute approximate surface area is 122 Å². The summed E-state index contributed by atoms with van der Waals surface area (Å²) in [7, 11) is 0. The van der Waals surface area contributed by atoms with Crippen LogP contribution in [0.25, 0.3) is 0 Å². The summed E-state index contributed by atoms with van der Waals surface area (Å²) < 4.78 is 27.9. The van der Waals surface area contributed by atoms with E-state index in [2.05, 4.69) is 5.32 Å². The number of carbonyl (C=O) groups is 1. The number of hydrogen-bond donors (Lipinski definition) is 2. The van der Waals surface area contributed by atoms with Crippen LogP contribution in [0.4, 0.5) is 14.5 Å². The molecule has 116 valence electrons. The molecule has 1 aliphatic rings. The van der Waals surface area contributed by atoms with E-state index in [1.54, 1.807) is 0 Å². The van der Waals surface area contributed by atoms with Gasteiger partial charge in [0.1, 0.15) is 17.3 Å². The fourth-order valence-electron chi connectivity index (χ4n) is 2.23. The molecule has 0 atom stereocenters. The van der Waals surface area contributed by atoms with Gasteiger partial charge in [0.2, 0.25) is 0 Å². The first-order valence-electron chi connectivity index (χ1n) is 7.23. The highest BCUT2D eigenvalue weighted by Gasteiger charge is 2.33. The van der Waals surface area contributed by atoms with E-state index in [0.717, 1.165) is 31.4 Å². The highest BCUT2D eigenvalue weighted by molar-refractivity contribution is 5.95. The van der Waals surface area contributed by atoms with Crippen LogP contribution < -0.4 is 5.32 Å². The SMILES string of the molecule is CCCNc1c(F)cc(C(=O)N(CCO)C2CC2)cc1F. The zero-order valence-corrected chi connectivity index (χ0v) is 12.0. The number of nitrogens with one attached hydrogen (secondary N) is 1. The van der Waals surface area contributed by atoms with Gasteiger partial charge in [-0.15, -0.1) is 0 Å². The van der Waals surface area contributed by atoms with Gasteiger partial charge in [-0.3, -0.25) is 4.79 Å². The highest BCUT2D eigenvalue weighted by atomic mass is 19.1. The van der Waals surface area contributed by atoms with E-state index < -0.39 is 17.5 Å². The van der Waals surface area contributed by atoms with Crippen molar-refractivity contribution in [1.82, 2.24) is 4.90 Å². The molecule has 2 N–H and O–H groups in total. The number of rotatable bonds is 7. The van der Waals surface area contributed by atoms with Crippen LogP contribution in [0.1, 0.15) is 36.5 Å². The first kappa shape index (κ1) is 15.7. The highest BCUT2D eigenvalue weighted by Crippen LogP contribution is 2.29. The predicted octanol–water partition coefficient (Wildman–Crippen LogP) is 2.38. The monoisotopic (exact) mass is 298 g/mol. The summed E-state index contributed by atoms with van der Waals surface area (Å²) in [4.78, 5) is 13.8. The van der Waals surface area contributed by atoms with Gasteiger partial charge in [0, 0.05) is 24.7 Å². The van der Waals surface area contributed by atoms with Crippen LogP contribution in [0.5, 0.6) is 0 Å². The van der Waals surface area contributed by atoms with Crippen LogP contribution in [-0.2, 0) is 0 Å². The van der Waals surface area contributed by atoms with E-state index in [0.29, 0.717) is 6.54 Å². The summed E-state index contributed by atoms with van der Waals surface area (Å²) in [5, 5.41) is 11.7. The average Bonchev–Trinajstić information content (AvgIpc) is 3.27. The summed E-state index contributed by atoms with van der Waals surface area (Å²) in [5.74, 6) is -1.98. The zero-order chi connectivity index (χ0) is 15.4. The van der Waals surface area contributed by atoms with Gasteiger partial charge >= 0.3 is 0 Å². The third-order valence-corrected chi connectivity index (χ3v) is 3.43. The molecular weight excluding hydrogens is 278 g/mol. The Balaban J connectivity index is 2.21. The van der Waals surface area contributed by atoms with Gasteiger partial charge < -0.3 is 15.3 Å². The van der Waals surface area contributed by atoms with Crippen molar-refractivity contribution in [3.63, 3.8) is 0 Å². The minimum atomic E-state index is -0.772. The van der Waals surface area contributed by atoms with Crippen LogP contribution in [0.2, 0.25) is 0 Å². The Bertz CT molecular complexity index is 495. The van der Waals surface area contributed by atoms with Crippen molar-refractivity contribution in [3.05, 3.63) is 29.3 Å². The average molecular weight is 298 g/mol. The van der Waals surface area contributed by atoms with Crippen molar-refractivity contribution >= 4 is 11.6 Å². The lowest BCUT2D eigenvalue weighted by Gasteiger charge is -2.21. The summed E-state index contributed by atoms with van der Waals surface area (Å²) in [6.45, 7) is 2.37. The third kappa shape index (κ3) is 3.69. The van der Waals surface area contributed by atoms with Crippen molar-refractivity contribution in [2.75, 3.05) is 25.0 Å². The van der Waals surface area contributed by atoms with Crippen LogP contribution in [-0.4, -0.2) is 41.7 Å². The Kier molecular flexibility index (Phi) is 5.12. The maximum Gasteiger partial charge on any atom is 0.254 e. The van der Waals surface area contributed by atoms with Gasteiger partial charge in [-0.05, 0) is 31.4 Å². The third-order valence-electron chi connectivity index (χ3n) is 3.43. The number of nitrogens with zero attached hydrogens (tertiary/aromatic N) is 1. The second-order valence-electron chi connectivity index (χ2n) is 5.19. The number of aliphatic hydroxyl groups excluding tert-OH is 1. The summed E-state index contributed by atoms with van der Waals surface area (Å²) in [6.07, 6.45) is 2.48.